The molecule has 0 aliphatic carbocycles. The molecule has 23 heavy (non-hydrogen) atoms. The number of carboxylic acids is 1. The molecule has 8 nitrogen and oxygen atoms in total. The molecule has 0 bridgehead atoms. The van der Waals surface area contributed by atoms with Crippen LogP contribution in [0, 0.1) is 0 Å². The number of nitrogens with one attached hydrogen (secondary N) is 1. The zero-order valence-corrected chi connectivity index (χ0v) is 13.7. The van der Waals surface area contributed by atoms with Crippen LogP contribution in [0.2, 0.25) is 0 Å². The Morgan fingerprint density at radius 1 is 1.57 bits per heavy atom. The van der Waals surface area contributed by atoms with Crippen LogP contribution in [0.1, 0.15) is 13.3 Å². The summed E-state index contributed by atoms with van der Waals surface area (Å²) in [4.78, 5) is 46.5. The van der Waals surface area contributed by atoms with E-state index in [1.165, 1.54) is 22.7 Å². The number of β-lactam (4-membered cyclic amide) rings is 1. The van der Waals surface area contributed by atoms with Gasteiger partial charge in [0.2, 0.25) is 11.8 Å². The summed E-state index contributed by atoms with van der Waals surface area (Å²) in [6, 6.07) is -0.957. The molecule has 0 radical (unpaired) electrons. The van der Waals surface area contributed by atoms with Crippen LogP contribution in [-0.2, 0) is 19.1 Å². The number of ether oxygens (including phenoxy) is 1. The molecule has 3 amide bonds. The van der Waals surface area contributed by atoms with Crippen molar-refractivity contribution in [2.24, 2.45) is 0 Å². The van der Waals surface area contributed by atoms with Crippen LogP contribution in [0.4, 0.5) is 4.79 Å². The van der Waals surface area contributed by atoms with Gasteiger partial charge in [-0.1, -0.05) is 6.08 Å². The lowest BCUT2D eigenvalue weighted by molar-refractivity contribution is -0.156. The summed E-state index contributed by atoms with van der Waals surface area (Å²) in [5.74, 6) is -2.29. The SMILES string of the molecule is C[C@@]1(C=CCOC(=O)NC(=O)CCl)S[C@@H]2CC(=O)N2[C@H]1C(=O)O. The Hall–Kier alpha value is -1.74. The van der Waals surface area contributed by atoms with Crippen LogP contribution in [0.3, 0.4) is 0 Å². The molecule has 0 aromatic heterocycles. The molecule has 2 aliphatic rings. The number of nitrogens with zero attached hydrogens (tertiary/aromatic N) is 1. The molecule has 2 saturated heterocycles. The minimum atomic E-state index is -1.08. The van der Waals surface area contributed by atoms with Crippen molar-refractivity contribution in [3.05, 3.63) is 12.2 Å². The second-order valence-electron chi connectivity index (χ2n) is 5.18. The third-order valence-corrected chi connectivity index (χ3v) is 5.29. The van der Waals surface area contributed by atoms with Crippen LogP contribution in [0.25, 0.3) is 0 Å². The number of aliphatic carboxylic acids is 1. The average molecular weight is 363 g/mol. The largest absolute Gasteiger partial charge is 0.480 e. The van der Waals surface area contributed by atoms with Gasteiger partial charge in [-0.2, -0.15) is 0 Å². The number of rotatable bonds is 5. The Kier molecular flexibility index (Phi) is 5.20. The monoisotopic (exact) mass is 362 g/mol. The molecule has 2 fully saturated rings. The standard InChI is InChI=1S/C13H15ClN2O6S/c1-13(3-2-4-22-12(21)15-7(17)6-14)10(11(19)20)16-8(18)5-9(16)23-13/h2-3,9-10H,4-6H2,1H3,(H,19,20)(H,15,17,21)/t9-,10+,13+/m1/s1. The zero-order chi connectivity index (χ0) is 17.2. The molecule has 2 aliphatic heterocycles. The van der Waals surface area contributed by atoms with Gasteiger partial charge in [0, 0.05) is 0 Å². The van der Waals surface area contributed by atoms with Crippen molar-refractivity contribution in [1.82, 2.24) is 10.2 Å². The summed E-state index contributed by atoms with van der Waals surface area (Å²) in [5.41, 5.74) is 0. The highest BCUT2D eigenvalue weighted by molar-refractivity contribution is 8.01. The third-order valence-electron chi connectivity index (χ3n) is 3.51. The molecule has 3 atom stereocenters. The number of hydrogen-bond acceptors (Lipinski definition) is 6. The molecule has 126 valence electrons. The quantitative estimate of drug-likeness (QED) is 0.417. The summed E-state index contributed by atoms with van der Waals surface area (Å²) in [7, 11) is 0. The second kappa shape index (κ2) is 6.79. The molecule has 2 rings (SSSR count). The van der Waals surface area contributed by atoms with E-state index in [0.717, 1.165) is 0 Å². The van der Waals surface area contributed by atoms with E-state index >= 15 is 0 Å². The van der Waals surface area contributed by atoms with Gasteiger partial charge in [0.25, 0.3) is 0 Å². The maximum Gasteiger partial charge on any atom is 0.414 e. The molecule has 2 heterocycles. The first-order chi connectivity index (χ1) is 10.8. The van der Waals surface area contributed by atoms with Crippen molar-refractivity contribution in [3.8, 4) is 0 Å². The molecule has 0 aromatic carbocycles. The second-order valence-corrected chi connectivity index (χ2v) is 7.11. The maximum absolute atomic E-state index is 11.6. The van der Waals surface area contributed by atoms with Gasteiger partial charge in [-0.25, -0.2) is 9.59 Å². The van der Waals surface area contributed by atoms with Crippen LogP contribution < -0.4 is 5.32 Å². The maximum atomic E-state index is 11.6. The number of hydrogen-bond donors (Lipinski definition) is 2. The molecule has 0 aromatic rings. The topological polar surface area (TPSA) is 113 Å². The van der Waals surface area contributed by atoms with Gasteiger partial charge in [0.15, 0.2) is 0 Å². The number of halogens is 1. The number of carbonyl (C=O) groups is 4. The first kappa shape index (κ1) is 17.6. The summed E-state index contributed by atoms with van der Waals surface area (Å²) in [5, 5.41) is 11.1. The smallest absolute Gasteiger partial charge is 0.414 e. The predicted molar refractivity (Wildman–Crippen MR) is 82.0 cm³/mol. The predicted octanol–water partition coefficient (Wildman–Crippen LogP) is 0.551. The van der Waals surface area contributed by atoms with E-state index in [-0.39, 0.29) is 23.8 Å². The number of thioether (sulfide) groups is 1. The number of amides is 3. The molecular weight excluding hydrogens is 348 g/mol. The normalized spacial score (nSPS) is 29.1. The molecule has 0 unspecified atom stereocenters. The average Bonchev–Trinajstić information content (AvgIpc) is 2.71. The van der Waals surface area contributed by atoms with E-state index in [1.807, 2.05) is 5.32 Å². The summed E-state index contributed by atoms with van der Waals surface area (Å²) >= 11 is 6.61. The number of carboxylic acid groups (broad SMARTS) is 1. The van der Waals surface area contributed by atoms with Crippen LogP contribution in [0.5, 0.6) is 0 Å². The number of imide groups is 1. The van der Waals surface area contributed by atoms with Crippen molar-refractivity contribution >= 4 is 47.2 Å². The number of carbonyl (C=O) groups excluding carboxylic acids is 3. The van der Waals surface area contributed by atoms with Crippen molar-refractivity contribution in [2.45, 2.75) is 29.5 Å². The van der Waals surface area contributed by atoms with Gasteiger partial charge in [0.1, 0.15) is 18.5 Å². The highest BCUT2D eigenvalue weighted by atomic mass is 35.5. The minimum absolute atomic E-state index is 0.135. The fourth-order valence-corrected chi connectivity index (χ4v) is 4.28. The lowest BCUT2D eigenvalue weighted by Gasteiger charge is -2.36. The summed E-state index contributed by atoms with van der Waals surface area (Å²) < 4.78 is 3.94. The van der Waals surface area contributed by atoms with E-state index in [0.29, 0.717) is 6.42 Å². The Morgan fingerprint density at radius 3 is 2.83 bits per heavy atom. The first-order valence-corrected chi connectivity index (χ1v) is 8.12. The fraction of sp³-hybridized carbons (Fsp3) is 0.538. The van der Waals surface area contributed by atoms with Gasteiger partial charge >= 0.3 is 12.1 Å². The minimum Gasteiger partial charge on any atom is -0.480 e. The lowest BCUT2D eigenvalue weighted by Crippen LogP contribution is -2.57. The van der Waals surface area contributed by atoms with E-state index in [2.05, 4.69) is 0 Å². The molecule has 10 heteroatoms. The van der Waals surface area contributed by atoms with Crippen LogP contribution >= 0.6 is 23.4 Å². The Balaban J connectivity index is 1.93. The van der Waals surface area contributed by atoms with Crippen LogP contribution in [0.15, 0.2) is 12.2 Å². The van der Waals surface area contributed by atoms with Crippen molar-refractivity contribution in [3.63, 3.8) is 0 Å². The van der Waals surface area contributed by atoms with Crippen molar-refractivity contribution in [2.75, 3.05) is 12.5 Å². The van der Waals surface area contributed by atoms with Crippen LogP contribution in [-0.4, -0.2) is 62.5 Å². The van der Waals surface area contributed by atoms with Crippen molar-refractivity contribution < 1.29 is 29.0 Å². The van der Waals surface area contributed by atoms with Gasteiger partial charge in [-0.3, -0.25) is 14.9 Å². The Morgan fingerprint density at radius 2 is 2.26 bits per heavy atom. The summed E-state index contributed by atoms with van der Waals surface area (Å²) in [6.45, 7) is 1.58. The number of fused-ring (bicyclic) bond motifs is 1. The lowest BCUT2D eigenvalue weighted by atomic mass is 9.96. The van der Waals surface area contributed by atoms with Gasteiger partial charge in [-0.15, -0.1) is 23.4 Å². The summed E-state index contributed by atoms with van der Waals surface area (Å²) in [6.07, 6.45) is 2.50. The third kappa shape index (κ3) is 3.61. The van der Waals surface area contributed by atoms with E-state index < -0.39 is 28.8 Å². The zero-order valence-electron chi connectivity index (χ0n) is 12.2. The number of alkyl carbamates (subject to hydrolysis) is 1. The Bertz CT molecular complexity index is 583. The van der Waals surface area contributed by atoms with E-state index in [9.17, 15) is 24.3 Å². The van der Waals surface area contributed by atoms with Gasteiger partial charge in [-0.05, 0) is 13.0 Å². The first-order valence-electron chi connectivity index (χ1n) is 6.70. The molecule has 0 saturated carbocycles. The highest BCUT2D eigenvalue weighted by Crippen LogP contribution is 2.51. The molecule has 0 spiro atoms. The van der Waals surface area contributed by atoms with Crippen molar-refractivity contribution in [1.29, 1.82) is 0 Å². The molecule has 2 N–H and O–H groups in total. The molecular formula is C13H15ClN2O6S. The van der Waals surface area contributed by atoms with E-state index in [4.69, 9.17) is 16.3 Å². The van der Waals surface area contributed by atoms with Gasteiger partial charge < -0.3 is 14.7 Å². The van der Waals surface area contributed by atoms with E-state index in [1.54, 1.807) is 13.0 Å². The van der Waals surface area contributed by atoms with Gasteiger partial charge in [0.05, 0.1) is 16.5 Å². The highest BCUT2D eigenvalue weighted by Gasteiger charge is 2.59. The number of alkyl halides is 1. The Labute approximate surface area is 141 Å². The fourth-order valence-electron chi connectivity index (χ4n) is 2.53.